The number of halogens is 2. The smallest absolute Gasteiger partial charge is 0.107 e. The predicted molar refractivity (Wildman–Crippen MR) is 90.8 cm³/mol. The van der Waals surface area contributed by atoms with Crippen LogP contribution in [0, 0.1) is 0 Å². The summed E-state index contributed by atoms with van der Waals surface area (Å²) in [6, 6.07) is 13.2. The second kappa shape index (κ2) is 6.44. The fourth-order valence-electron chi connectivity index (χ4n) is 2.03. The third kappa shape index (κ3) is 3.23. The molecule has 104 valence electrons. The lowest BCUT2D eigenvalue weighted by molar-refractivity contribution is 0.884. The molecule has 0 aliphatic carbocycles. The molecule has 0 saturated heterocycles. The summed E-state index contributed by atoms with van der Waals surface area (Å²) in [5, 5.41) is 4.60. The molecule has 1 unspecified atom stereocenters. The van der Waals surface area contributed by atoms with E-state index in [-0.39, 0.29) is 11.0 Å². The van der Waals surface area contributed by atoms with Crippen molar-refractivity contribution in [2.24, 2.45) is 5.73 Å². The van der Waals surface area contributed by atoms with Gasteiger partial charge in [0.25, 0.3) is 0 Å². The molecule has 2 nitrogen and oxygen atoms in total. The van der Waals surface area contributed by atoms with Gasteiger partial charge in [0.05, 0.1) is 16.6 Å². The van der Waals surface area contributed by atoms with Gasteiger partial charge in [-0.1, -0.05) is 59.7 Å². The van der Waals surface area contributed by atoms with Gasteiger partial charge in [0, 0.05) is 10.7 Å². The summed E-state index contributed by atoms with van der Waals surface area (Å²) in [4.78, 5) is 0.268. The summed E-state index contributed by atoms with van der Waals surface area (Å²) in [7, 11) is 0. The molecule has 0 amide bonds. The van der Waals surface area contributed by atoms with Gasteiger partial charge in [-0.05, 0) is 30.7 Å². The van der Waals surface area contributed by atoms with Crippen LogP contribution in [0.3, 0.4) is 0 Å². The zero-order chi connectivity index (χ0) is 14.7. The molecule has 0 bridgehead atoms. The second-order valence-corrected chi connectivity index (χ2v) is 5.67. The Morgan fingerprint density at radius 2 is 1.75 bits per heavy atom. The van der Waals surface area contributed by atoms with Gasteiger partial charge in [-0.2, -0.15) is 0 Å². The van der Waals surface area contributed by atoms with Crippen LogP contribution in [0.4, 0.5) is 5.69 Å². The summed E-state index contributed by atoms with van der Waals surface area (Å²) in [6.45, 7) is 2.02. The van der Waals surface area contributed by atoms with Crippen LogP contribution in [-0.2, 0) is 0 Å². The molecule has 3 N–H and O–H groups in total. The fraction of sp³-hybridized carbons (Fsp3) is 0.133. The second-order valence-electron chi connectivity index (χ2n) is 4.41. The Bertz CT molecular complexity index is 644. The van der Waals surface area contributed by atoms with Crippen molar-refractivity contribution in [1.82, 2.24) is 0 Å². The Morgan fingerprint density at radius 1 is 1.10 bits per heavy atom. The molecule has 0 spiro atoms. The van der Waals surface area contributed by atoms with Gasteiger partial charge in [0.2, 0.25) is 0 Å². The minimum absolute atomic E-state index is 0.00951. The molecule has 0 aromatic heterocycles. The van der Waals surface area contributed by atoms with E-state index in [0.717, 1.165) is 11.3 Å². The lowest BCUT2D eigenvalue weighted by Gasteiger charge is -2.19. The largest absolute Gasteiger partial charge is 0.389 e. The maximum Gasteiger partial charge on any atom is 0.107 e. The number of anilines is 1. The zero-order valence-electron chi connectivity index (χ0n) is 10.9. The van der Waals surface area contributed by atoms with Gasteiger partial charge in [0.15, 0.2) is 0 Å². The van der Waals surface area contributed by atoms with Crippen molar-refractivity contribution in [2.75, 3.05) is 5.32 Å². The van der Waals surface area contributed by atoms with Crippen LogP contribution in [-0.4, -0.2) is 4.99 Å². The zero-order valence-corrected chi connectivity index (χ0v) is 13.2. The molecule has 0 fully saturated rings. The maximum atomic E-state index is 6.20. The fourth-order valence-corrected chi connectivity index (χ4v) is 2.88. The van der Waals surface area contributed by atoms with Gasteiger partial charge >= 0.3 is 0 Å². The third-order valence-corrected chi connectivity index (χ3v) is 3.87. The van der Waals surface area contributed by atoms with Crippen LogP contribution in [0.25, 0.3) is 0 Å². The summed E-state index contributed by atoms with van der Waals surface area (Å²) >= 11 is 17.4. The summed E-state index contributed by atoms with van der Waals surface area (Å²) in [5.41, 5.74) is 8.20. The molecule has 0 heterocycles. The first-order chi connectivity index (χ1) is 9.50. The Balaban J connectivity index is 2.33. The average molecular weight is 325 g/mol. The minimum Gasteiger partial charge on any atom is -0.389 e. The van der Waals surface area contributed by atoms with Gasteiger partial charge in [-0.25, -0.2) is 0 Å². The highest BCUT2D eigenvalue weighted by Crippen LogP contribution is 2.30. The first kappa shape index (κ1) is 15.1. The minimum atomic E-state index is 0.00951. The van der Waals surface area contributed by atoms with E-state index in [0.29, 0.717) is 15.6 Å². The molecule has 0 saturated carbocycles. The number of benzene rings is 2. The Kier molecular flexibility index (Phi) is 4.86. The number of nitrogens with one attached hydrogen (secondary N) is 1. The van der Waals surface area contributed by atoms with Crippen molar-refractivity contribution in [3.63, 3.8) is 0 Å². The normalized spacial score (nSPS) is 11.9. The molecule has 0 aliphatic heterocycles. The first-order valence-corrected chi connectivity index (χ1v) is 7.26. The Labute approximate surface area is 133 Å². The maximum absolute atomic E-state index is 6.20. The Morgan fingerprint density at radius 3 is 2.40 bits per heavy atom. The molecule has 1 atom stereocenters. The highest BCUT2D eigenvalue weighted by atomic mass is 35.5. The van der Waals surface area contributed by atoms with Crippen molar-refractivity contribution in [1.29, 1.82) is 0 Å². The standard InChI is InChI=1S/C15H14Cl2N2S/c1-9(10-5-2-3-6-11(10)16)19-13-8-4-7-12(17)14(13)15(18)20/h2-9,19H,1H3,(H2,18,20). The predicted octanol–water partition coefficient (Wildman–Crippen LogP) is 4.80. The van der Waals surface area contributed by atoms with E-state index in [1.54, 1.807) is 6.07 Å². The monoisotopic (exact) mass is 324 g/mol. The third-order valence-electron chi connectivity index (χ3n) is 3.00. The number of hydrogen-bond acceptors (Lipinski definition) is 2. The molecule has 2 aromatic carbocycles. The highest BCUT2D eigenvalue weighted by Gasteiger charge is 2.14. The molecule has 20 heavy (non-hydrogen) atoms. The van der Waals surface area contributed by atoms with Crippen molar-refractivity contribution in [3.8, 4) is 0 Å². The molecule has 2 rings (SSSR count). The number of nitrogens with two attached hydrogens (primary N) is 1. The van der Waals surface area contributed by atoms with Crippen LogP contribution in [0.5, 0.6) is 0 Å². The topological polar surface area (TPSA) is 38.0 Å². The van der Waals surface area contributed by atoms with Gasteiger partial charge in [0.1, 0.15) is 4.99 Å². The van der Waals surface area contributed by atoms with E-state index in [1.807, 2.05) is 43.3 Å². The van der Waals surface area contributed by atoms with Crippen molar-refractivity contribution < 1.29 is 0 Å². The molecule has 5 heteroatoms. The molecular weight excluding hydrogens is 311 g/mol. The van der Waals surface area contributed by atoms with Crippen molar-refractivity contribution >= 4 is 46.1 Å². The average Bonchev–Trinajstić information content (AvgIpc) is 2.38. The number of rotatable bonds is 4. The van der Waals surface area contributed by atoms with E-state index in [9.17, 15) is 0 Å². The highest BCUT2D eigenvalue weighted by molar-refractivity contribution is 7.80. The van der Waals surface area contributed by atoms with E-state index in [4.69, 9.17) is 41.2 Å². The SMILES string of the molecule is CC(Nc1cccc(Cl)c1C(N)=S)c1ccccc1Cl. The van der Waals surface area contributed by atoms with E-state index >= 15 is 0 Å². The van der Waals surface area contributed by atoms with Gasteiger partial charge in [-0.3, -0.25) is 0 Å². The van der Waals surface area contributed by atoms with Crippen LogP contribution >= 0.6 is 35.4 Å². The van der Waals surface area contributed by atoms with E-state index < -0.39 is 0 Å². The lowest BCUT2D eigenvalue weighted by Crippen LogP contribution is -2.15. The van der Waals surface area contributed by atoms with Gasteiger partial charge in [-0.15, -0.1) is 0 Å². The Hall–Kier alpha value is -1.29. The van der Waals surface area contributed by atoms with E-state index in [1.165, 1.54) is 0 Å². The van der Waals surface area contributed by atoms with Crippen molar-refractivity contribution in [3.05, 3.63) is 63.6 Å². The van der Waals surface area contributed by atoms with Crippen LogP contribution in [0.1, 0.15) is 24.1 Å². The summed E-state index contributed by atoms with van der Waals surface area (Å²) < 4.78 is 0. The van der Waals surface area contributed by atoms with E-state index in [2.05, 4.69) is 5.32 Å². The van der Waals surface area contributed by atoms with Crippen molar-refractivity contribution in [2.45, 2.75) is 13.0 Å². The summed E-state index contributed by atoms with van der Waals surface area (Å²) in [6.07, 6.45) is 0. The summed E-state index contributed by atoms with van der Waals surface area (Å²) in [5.74, 6) is 0. The van der Waals surface area contributed by atoms with Crippen LogP contribution < -0.4 is 11.1 Å². The number of thiocarbonyl (C=S) groups is 1. The number of hydrogen-bond donors (Lipinski definition) is 2. The van der Waals surface area contributed by atoms with Gasteiger partial charge < -0.3 is 11.1 Å². The van der Waals surface area contributed by atoms with Crippen LogP contribution in [0.2, 0.25) is 10.0 Å². The quantitative estimate of drug-likeness (QED) is 0.793. The molecule has 0 radical (unpaired) electrons. The molecule has 2 aromatic rings. The lowest BCUT2D eigenvalue weighted by atomic mass is 10.1. The first-order valence-electron chi connectivity index (χ1n) is 6.10. The molecule has 0 aliphatic rings. The molecular formula is C15H14Cl2N2S. The van der Waals surface area contributed by atoms with Crippen LogP contribution in [0.15, 0.2) is 42.5 Å².